The molecule has 1 aliphatic rings. The molecular formula is C25H27N3O5. The van der Waals surface area contributed by atoms with Gasteiger partial charge in [-0.15, -0.1) is 0 Å². The predicted molar refractivity (Wildman–Crippen MR) is 124 cm³/mol. The van der Waals surface area contributed by atoms with Crippen molar-refractivity contribution in [3.8, 4) is 28.5 Å². The highest BCUT2D eigenvalue weighted by molar-refractivity contribution is 5.77. The molecule has 0 saturated carbocycles. The van der Waals surface area contributed by atoms with E-state index in [0.717, 1.165) is 23.3 Å². The summed E-state index contributed by atoms with van der Waals surface area (Å²) in [6.45, 7) is 4.38. The summed E-state index contributed by atoms with van der Waals surface area (Å²) in [5.41, 5.74) is 2.07. The van der Waals surface area contributed by atoms with Gasteiger partial charge in [-0.3, -0.25) is 9.59 Å². The second-order valence-electron chi connectivity index (χ2n) is 8.43. The number of nitrogens with one attached hydrogen (secondary N) is 1. The summed E-state index contributed by atoms with van der Waals surface area (Å²) in [5.74, 6) is 1.71. The molecule has 1 aliphatic heterocycles. The second kappa shape index (κ2) is 9.36. The fraction of sp³-hybridized carbons (Fsp3) is 0.320. The maximum absolute atomic E-state index is 12.3. The van der Waals surface area contributed by atoms with Gasteiger partial charge in [0, 0.05) is 30.2 Å². The number of ether oxygens (including phenoxy) is 3. The topological polar surface area (TPSA) is 91.7 Å². The number of amides is 1. The van der Waals surface area contributed by atoms with Crippen LogP contribution in [0.3, 0.4) is 0 Å². The average Bonchev–Trinajstić information content (AvgIpc) is 3.13. The van der Waals surface area contributed by atoms with Gasteiger partial charge in [-0.1, -0.05) is 12.1 Å². The molecule has 4 rings (SSSR count). The van der Waals surface area contributed by atoms with Crippen molar-refractivity contribution in [2.75, 3.05) is 20.3 Å². The summed E-state index contributed by atoms with van der Waals surface area (Å²) in [6.07, 6.45) is 0.795. The van der Waals surface area contributed by atoms with Gasteiger partial charge in [-0.2, -0.15) is 5.10 Å². The van der Waals surface area contributed by atoms with Crippen molar-refractivity contribution in [2.45, 2.75) is 32.4 Å². The molecule has 8 nitrogen and oxygen atoms in total. The number of aromatic nitrogens is 2. The van der Waals surface area contributed by atoms with Crippen molar-refractivity contribution in [2.24, 2.45) is 0 Å². The summed E-state index contributed by atoms with van der Waals surface area (Å²) >= 11 is 0. The third-order valence-corrected chi connectivity index (χ3v) is 5.31. The summed E-state index contributed by atoms with van der Waals surface area (Å²) in [5, 5.41) is 7.17. The molecule has 0 aliphatic carbocycles. The van der Waals surface area contributed by atoms with E-state index in [1.54, 1.807) is 19.2 Å². The second-order valence-corrected chi connectivity index (χ2v) is 8.43. The Labute approximate surface area is 192 Å². The minimum absolute atomic E-state index is 0.144. The van der Waals surface area contributed by atoms with Gasteiger partial charge in [-0.25, -0.2) is 4.68 Å². The van der Waals surface area contributed by atoms with Crippen LogP contribution in [-0.2, 0) is 17.8 Å². The van der Waals surface area contributed by atoms with E-state index in [9.17, 15) is 9.59 Å². The zero-order valence-corrected chi connectivity index (χ0v) is 19.0. The summed E-state index contributed by atoms with van der Waals surface area (Å²) < 4.78 is 18.2. The first-order valence-corrected chi connectivity index (χ1v) is 10.8. The third kappa shape index (κ3) is 5.34. The van der Waals surface area contributed by atoms with Crippen LogP contribution in [0.4, 0.5) is 0 Å². The zero-order valence-electron chi connectivity index (χ0n) is 19.0. The van der Waals surface area contributed by atoms with E-state index < -0.39 is 0 Å². The van der Waals surface area contributed by atoms with Gasteiger partial charge >= 0.3 is 0 Å². The lowest BCUT2D eigenvalue weighted by molar-refractivity contribution is -0.123. The van der Waals surface area contributed by atoms with Gasteiger partial charge < -0.3 is 19.5 Å². The quantitative estimate of drug-likeness (QED) is 0.569. The minimum atomic E-state index is -0.288. The number of fused-ring (bicyclic) bond motifs is 1. The highest BCUT2D eigenvalue weighted by atomic mass is 16.5. The van der Waals surface area contributed by atoms with E-state index in [2.05, 4.69) is 10.4 Å². The molecule has 172 valence electrons. The normalized spacial score (nSPS) is 13.7. The monoisotopic (exact) mass is 449 g/mol. The first kappa shape index (κ1) is 22.4. The zero-order chi connectivity index (χ0) is 23.4. The van der Waals surface area contributed by atoms with Crippen LogP contribution >= 0.6 is 0 Å². The molecule has 1 N–H and O–H groups in total. The fourth-order valence-electron chi connectivity index (χ4n) is 3.72. The fourth-order valence-corrected chi connectivity index (χ4v) is 3.72. The van der Waals surface area contributed by atoms with Gasteiger partial charge in [0.25, 0.3) is 11.5 Å². The largest absolute Gasteiger partial charge is 0.497 e. The van der Waals surface area contributed by atoms with E-state index in [-0.39, 0.29) is 36.8 Å². The molecule has 0 atom stereocenters. The number of carbonyl (C=O) groups excluding carboxylic acids is 1. The van der Waals surface area contributed by atoms with Crippen LogP contribution in [0.15, 0.2) is 59.4 Å². The first-order valence-electron chi connectivity index (χ1n) is 10.8. The molecule has 2 heterocycles. The van der Waals surface area contributed by atoms with Crippen LogP contribution in [0.25, 0.3) is 11.3 Å². The Bertz CT molecular complexity index is 1200. The molecule has 8 heteroatoms. The predicted octanol–water partition coefficient (Wildman–Crippen LogP) is 2.83. The highest BCUT2D eigenvalue weighted by Crippen LogP contribution is 2.41. The van der Waals surface area contributed by atoms with Gasteiger partial charge in [0.05, 0.1) is 19.3 Å². The van der Waals surface area contributed by atoms with Gasteiger partial charge in [0.1, 0.15) is 11.4 Å². The van der Waals surface area contributed by atoms with Crippen molar-refractivity contribution in [3.05, 3.63) is 70.5 Å². The molecule has 0 fully saturated rings. The number of hydrogen-bond acceptors (Lipinski definition) is 6. The van der Waals surface area contributed by atoms with E-state index in [1.165, 1.54) is 10.7 Å². The van der Waals surface area contributed by atoms with Crippen LogP contribution in [0, 0.1) is 0 Å². The minimum Gasteiger partial charge on any atom is -0.497 e. The number of hydrogen-bond donors (Lipinski definition) is 1. The highest BCUT2D eigenvalue weighted by Gasteiger charge is 2.32. The Kier molecular flexibility index (Phi) is 6.35. The SMILES string of the molecule is COc1ccc(-c2ccc(=O)n(CCNC(=O)COc3cccc4c3OC(C)(C)C4)n2)cc1. The van der Waals surface area contributed by atoms with Gasteiger partial charge in [-0.05, 0) is 50.2 Å². The van der Waals surface area contributed by atoms with E-state index >= 15 is 0 Å². The number of nitrogens with zero attached hydrogens (tertiary/aromatic N) is 2. The average molecular weight is 450 g/mol. The molecule has 0 radical (unpaired) electrons. The standard InChI is InChI=1S/C25H27N3O5/c1-25(2)15-18-5-4-6-21(24(18)33-25)32-16-22(29)26-13-14-28-23(30)12-11-20(27-28)17-7-9-19(31-3)10-8-17/h4-12H,13-16H2,1-3H3,(H,26,29). The molecule has 0 bridgehead atoms. The molecule has 33 heavy (non-hydrogen) atoms. The lowest BCUT2D eigenvalue weighted by atomic mass is 10.0. The number of benzene rings is 2. The maximum atomic E-state index is 12.3. The molecule has 1 aromatic heterocycles. The molecular weight excluding hydrogens is 422 g/mol. The Morgan fingerprint density at radius 2 is 1.94 bits per heavy atom. The molecule has 0 spiro atoms. The van der Waals surface area contributed by atoms with Crippen LogP contribution < -0.4 is 25.1 Å². The third-order valence-electron chi connectivity index (χ3n) is 5.31. The molecule has 1 amide bonds. The van der Waals surface area contributed by atoms with Crippen molar-refractivity contribution in [1.29, 1.82) is 0 Å². The molecule has 0 unspecified atom stereocenters. The van der Waals surface area contributed by atoms with E-state index in [1.807, 2.05) is 50.2 Å². The van der Waals surface area contributed by atoms with E-state index in [4.69, 9.17) is 14.2 Å². The van der Waals surface area contributed by atoms with Crippen LogP contribution in [0.1, 0.15) is 19.4 Å². The Morgan fingerprint density at radius 3 is 2.70 bits per heavy atom. The Balaban J connectivity index is 1.31. The lowest BCUT2D eigenvalue weighted by Gasteiger charge is -2.18. The van der Waals surface area contributed by atoms with Gasteiger partial charge in [0.2, 0.25) is 0 Å². The number of rotatable bonds is 8. The summed E-state index contributed by atoms with van der Waals surface area (Å²) in [6, 6.07) is 16.3. The lowest BCUT2D eigenvalue weighted by Crippen LogP contribution is -2.34. The number of methoxy groups -OCH3 is 1. The Hall–Kier alpha value is -3.81. The van der Waals surface area contributed by atoms with Crippen LogP contribution in [0.2, 0.25) is 0 Å². The molecule has 2 aromatic carbocycles. The van der Waals surface area contributed by atoms with Crippen molar-refractivity contribution in [1.82, 2.24) is 15.1 Å². The van der Waals surface area contributed by atoms with E-state index in [0.29, 0.717) is 17.2 Å². The summed E-state index contributed by atoms with van der Waals surface area (Å²) in [7, 11) is 1.60. The smallest absolute Gasteiger partial charge is 0.266 e. The van der Waals surface area contributed by atoms with Crippen molar-refractivity contribution >= 4 is 5.91 Å². The van der Waals surface area contributed by atoms with Crippen molar-refractivity contribution in [3.63, 3.8) is 0 Å². The Morgan fingerprint density at radius 1 is 1.15 bits per heavy atom. The number of para-hydroxylation sites is 1. The van der Waals surface area contributed by atoms with Crippen LogP contribution in [0.5, 0.6) is 17.2 Å². The maximum Gasteiger partial charge on any atom is 0.266 e. The molecule has 0 saturated heterocycles. The van der Waals surface area contributed by atoms with Crippen molar-refractivity contribution < 1.29 is 19.0 Å². The summed E-state index contributed by atoms with van der Waals surface area (Å²) in [4.78, 5) is 24.5. The van der Waals surface area contributed by atoms with Crippen LogP contribution in [-0.4, -0.2) is 41.6 Å². The first-order chi connectivity index (χ1) is 15.8. The number of carbonyl (C=O) groups is 1. The van der Waals surface area contributed by atoms with Gasteiger partial charge in [0.15, 0.2) is 18.1 Å². The molecule has 3 aromatic rings.